The lowest BCUT2D eigenvalue weighted by molar-refractivity contribution is 0.0988. The first-order valence-corrected chi connectivity index (χ1v) is 5.33. The lowest BCUT2D eigenvalue weighted by Crippen LogP contribution is -2.29. The van der Waals surface area contributed by atoms with E-state index in [0.29, 0.717) is 12.6 Å². The van der Waals surface area contributed by atoms with Gasteiger partial charge in [0.2, 0.25) is 0 Å². The summed E-state index contributed by atoms with van der Waals surface area (Å²) in [6, 6.07) is 2.30. The molecule has 0 saturated carbocycles. The van der Waals surface area contributed by atoms with Crippen molar-refractivity contribution in [3.8, 4) is 0 Å². The topological polar surface area (TPSA) is 34.0 Å². The van der Waals surface area contributed by atoms with E-state index in [9.17, 15) is 4.79 Å². The van der Waals surface area contributed by atoms with Crippen molar-refractivity contribution >= 4 is 5.78 Å². The Labute approximate surface area is 91.5 Å². The molecule has 15 heavy (non-hydrogen) atoms. The Bertz CT molecular complexity index is 364. The van der Waals surface area contributed by atoms with Crippen molar-refractivity contribution < 1.29 is 4.79 Å². The molecule has 1 aromatic rings. The molecule has 3 heteroatoms. The van der Waals surface area contributed by atoms with Crippen LogP contribution in [0.2, 0.25) is 0 Å². The first-order chi connectivity index (χ1) is 6.93. The molecule has 1 N–H and O–H groups in total. The van der Waals surface area contributed by atoms with Crippen LogP contribution in [0.15, 0.2) is 6.07 Å². The minimum atomic E-state index is 0.171. The van der Waals surface area contributed by atoms with Gasteiger partial charge in [-0.2, -0.15) is 0 Å². The fourth-order valence-corrected chi connectivity index (χ4v) is 1.53. The summed E-state index contributed by atoms with van der Waals surface area (Å²) >= 11 is 0. The number of aromatic nitrogens is 1. The molecule has 0 bridgehead atoms. The monoisotopic (exact) mass is 208 g/mol. The Hall–Kier alpha value is -1.09. The smallest absolute Gasteiger partial charge is 0.178 e. The van der Waals surface area contributed by atoms with E-state index in [0.717, 1.165) is 17.0 Å². The van der Waals surface area contributed by atoms with Crippen LogP contribution in [0.25, 0.3) is 0 Å². The molecule has 0 aromatic carbocycles. The molecule has 84 valence electrons. The molecular weight excluding hydrogens is 188 g/mol. The number of rotatable bonds is 4. The Kier molecular flexibility index (Phi) is 3.69. The van der Waals surface area contributed by atoms with E-state index >= 15 is 0 Å². The van der Waals surface area contributed by atoms with E-state index < -0.39 is 0 Å². The summed E-state index contributed by atoms with van der Waals surface area (Å²) in [5.41, 5.74) is 3.01. The maximum Gasteiger partial charge on any atom is 0.178 e. The van der Waals surface area contributed by atoms with Gasteiger partial charge in [-0.05, 0) is 19.9 Å². The third kappa shape index (κ3) is 2.69. The number of ketones is 1. The molecule has 0 saturated heterocycles. The number of hydrogen-bond donors (Lipinski definition) is 1. The zero-order valence-corrected chi connectivity index (χ0v) is 10.2. The lowest BCUT2D eigenvalue weighted by atomic mass is 10.1. The quantitative estimate of drug-likeness (QED) is 0.766. The molecule has 0 amide bonds. The van der Waals surface area contributed by atoms with Gasteiger partial charge in [0.1, 0.15) is 0 Å². The zero-order chi connectivity index (χ0) is 11.6. The third-order valence-electron chi connectivity index (χ3n) is 2.75. The normalized spacial score (nSPS) is 11.1. The van der Waals surface area contributed by atoms with Gasteiger partial charge in [-0.15, -0.1) is 0 Å². The van der Waals surface area contributed by atoms with Crippen LogP contribution in [-0.2, 0) is 7.05 Å². The van der Waals surface area contributed by atoms with Crippen LogP contribution in [0.3, 0.4) is 0 Å². The molecule has 0 fully saturated rings. The van der Waals surface area contributed by atoms with Crippen LogP contribution in [0.4, 0.5) is 0 Å². The van der Waals surface area contributed by atoms with Crippen molar-refractivity contribution in [1.82, 2.24) is 9.88 Å². The average molecular weight is 208 g/mol. The predicted molar refractivity (Wildman–Crippen MR) is 62.4 cm³/mol. The second-order valence-corrected chi connectivity index (χ2v) is 4.30. The molecule has 1 heterocycles. The van der Waals surface area contributed by atoms with Gasteiger partial charge in [0.25, 0.3) is 0 Å². The summed E-state index contributed by atoms with van der Waals surface area (Å²) in [7, 11) is 1.98. The minimum absolute atomic E-state index is 0.171. The summed E-state index contributed by atoms with van der Waals surface area (Å²) in [6.45, 7) is 8.49. The van der Waals surface area contributed by atoms with Gasteiger partial charge in [0.05, 0.1) is 6.54 Å². The van der Waals surface area contributed by atoms with Gasteiger partial charge >= 0.3 is 0 Å². The van der Waals surface area contributed by atoms with Crippen molar-refractivity contribution in [2.45, 2.75) is 33.7 Å². The van der Waals surface area contributed by atoms with E-state index in [-0.39, 0.29) is 5.78 Å². The van der Waals surface area contributed by atoms with Gasteiger partial charge in [0.15, 0.2) is 5.78 Å². The molecule has 0 spiro atoms. The van der Waals surface area contributed by atoms with Gasteiger partial charge in [-0.25, -0.2) is 0 Å². The highest BCUT2D eigenvalue weighted by Crippen LogP contribution is 2.13. The van der Waals surface area contributed by atoms with Gasteiger partial charge < -0.3 is 9.88 Å². The van der Waals surface area contributed by atoms with E-state index in [2.05, 4.69) is 5.32 Å². The highest BCUT2D eigenvalue weighted by molar-refractivity contribution is 5.99. The van der Waals surface area contributed by atoms with E-state index in [1.54, 1.807) is 0 Å². The summed E-state index contributed by atoms with van der Waals surface area (Å²) in [6.07, 6.45) is 0. The summed E-state index contributed by atoms with van der Waals surface area (Å²) in [5, 5.41) is 3.14. The largest absolute Gasteiger partial charge is 0.351 e. The maximum absolute atomic E-state index is 11.9. The number of carbonyl (C=O) groups excluding carboxylic acids is 1. The second-order valence-electron chi connectivity index (χ2n) is 4.30. The minimum Gasteiger partial charge on any atom is -0.351 e. The Morgan fingerprint density at radius 2 is 2.07 bits per heavy atom. The van der Waals surface area contributed by atoms with E-state index in [1.165, 1.54) is 0 Å². The fraction of sp³-hybridized carbons (Fsp3) is 0.583. The molecular formula is C12H20N2O. The molecule has 0 aliphatic carbocycles. The maximum atomic E-state index is 11.9. The first-order valence-electron chi connectivity index (χ1n) is 5.33. The molecule has 0 aliphatic rings. The SMILES string of the molecule is Cc1cc(C(=O)CNC(C)C)c(C)n1C. The molecule has 0 radical (unpaired) electrons. The van der Waals surface area contributed by atoms with Crippen LogP contribution >= 0.6 is 0 Å². The number of nitrogens with zero attached hydrogens (tertiary/aromatic N) is 1. The third-order valence-corrected chi connectivity index (χ3v) is 2.75. The highest BCUT2D eigenvalue weighted by Gasteiger charge is 2.13. The van der Waals surface area contributed by atoms with Crippen molar-refractivity contribution in [1.29, 1.82) is 0 Å². The molecule has 0 atom stereocenters. The lowest BCUT2D eigenvalue weighted by Gasteiger charge is -2.07. The standard InChI is InChI=1S/C12H20N2O/c1-8(2)13-7-12(15)11-6-9(3)14(5)10(11)4/h6,8,13H,7H2,1-5H3. The molecule has 3 nitrogen and oxygen atoms in total. The Morgan fingerprint density at radius 1 is 1.47 bits per heavy atom. The van der Waals surface area contributed by atoms with E-state index in [4.69, 9.17) is 0 Å². The van der Waals surface area contributed by atoms with Crippen molar-refractivity contribution in [3.05, 3.63) is 23.0 Å². The van der Waals surface area contributed by atoms with Gasteiger partial charge in [-0.3, -0.25) is 4.79 Å². The molecule has 0 aliphatic heterocycles. The number of hydrogen-bond acceptors (Lipinski definition) is 2. The Balaban J connectivity index is 2.78. The van der Waals surface area contributed by atoms with Crippen molar-refractivity contribution in [3.63, 3.8) is 0 Å². The molecule has 0 unspecified atom stereocenters. The number of carbonyl (C=O) groups is 1. The molecule has 1 rings (SSSR count). The summed E-state index contributed by atoms with van der Waals surface area (Å²) < 4.78 is 2.04. The Morgan fingerprint density at radius 3 is 2.47 bits per heavy atom. The number of nitrogens with one attached hydrogen (secondary N) is 1. The summed E-state index contributed by atoms with van der Waals surface area (Å²) in [4.78, 5) is 11.9. The molecule has 1 aromatic heterocycles. The second kappa shape index (κ2) is 4.62. The van der Waals surface area contributed by atoms with Crippen molar-refractivity contribution in [2.24, 2.45) is 7.05 Å². The number of aryl methyl sites for hydroxylation is 1. The van der Waals surface area contributed by atoms with Crippen LogP contribution < -0.4 is 5.32 Å². The fourth-order valence-electron chi connectivity index (χ4n) is 1.53. The van der Waals surface area contributed by atoms with Gasteiger partial charge in [-0.1, -0.05) is 13.8 Å². The van der Waals surface area contributed by atoms with Crippen LogP contribution in [0.1, 0.15) is 35.6 Å². The number of Topliss-reactive ketones (excluding diaryl/α,β-unsaturated/α-hetero) is 1. The van der Waals surface area contributed by atoms with Crippen LogP contribution in [0, 0.1) is 13.8 Å². The van der Waals surface area contributed by atoms with E-state index in [1.807, 2.05) is 45.4 Å². The zero-order valence-electron chi connectivity index (χ0n) is 10.2. The first kappa shape index (κ1) is 12.0. The van der Waals surface area contributed by atoms with Crippen molar-refractivity contribution in [2.75, 3.05) is 6.54 Å². The predicted octanol–water partition coefficient (Wildman–Crippen LogP) is 1.82. The summed E-state index contributed by atoms with van der Waals surface area (Å²) in [5.74, 6) is 0.171. The highest BCUT2D eigenvalue weighted by atomic mass is 16.1. The van der Waals surface area contributed by atoms with Crippen LogP contribution in [-0.4, -0.2) is 22.9 Å². The average Bonchev–Trinajstić information content (AvgIpc) is 2.42. The van der Waals surface area contributed by atoms with Crippen LogP contribution in [0.5, 0.6) is 0 Å². The van der Waals surface area contributed by atoms with Gasteiger partial charge in [0, 0.05) is 30.0 Å².